The molecule has 37 heavy (non-hydrogen) atoms. The average molecular weight is 500 g/mol. The quantitative estimate of drug-likeness (QED) is 0.120. The summed E-state index contributed by atoms with van der Waals surface area (Å²) in [6, 6.07) is 22.3. The third kappa shape index (κ3) is 5.69. The van der Waals surface area contributed by atoms with Gasteiger partial charge >= 0.3 is 0 Å². The van der Waals surface area contributed by atoms with Crippen molar-refractivity contribution in [1.82, 2.24) is 9.55 Å². The number of oxime groups is 2. The molecule has 0 unspecified atom stereocenters. The largest absolute Gasteiger partial charge is 0.409 e. The van der Waals surface area contributed by atoms with E-state index in [4.69, 9.17) is 26.9 Å². The van der Waals surface area contributed by atoms with Crippen LogP contribution in [0.15, 0.2) is 83.1 Å². The number of imidazole rings is 1. The molecule has 190 valence electrons. The van der Waals surface area contributed by atoms with Crippen molar-refractivity contribution in [3.8, 4) is 0 Å². The van der Waals surface area contributed by atoms with E-state index in [2.05, 4.69) is 10.3 Å². The number of amides is 1. The summed E-state index contributed by atoms with van der Waals surface area (Å²) in [5.41, 5.74) is 15.9. The van der Waals surface area contributed by atoms with Crippen LogP contribution in [0.2, 0.25) is 0 Å². The molecular formula is C27H29N7O3. The fraction of sp³-hybridized carbons (Fsp3) is 0.185. The molecule has 1 heterocycles. The van der Waals surface area contributed by atoms with E-state index in [0.717, 1.165) is 34.5 Å². The first-order valence-corrected chi connectivity index (χ1v) is 11.8. The van der Waals surface area contributed by atoms with Crippen molar-refractivity contribution in [2.45, 2.75) is 19.3 Å². The Morgan fingerprint density at radius 3 is 2.32 bits per heavy atom. The Hall–Kier alpha value is -4.86. The SMILES string of the molecule is Cn1c(CCc2ccc(/C(N)=N\O)cc2)nc2cc(C(=O)N(CC/C(N)=N\O)c3ccccc3)ccc21. The molecule has 10 nitrogen and oxygen atoms in total. The lowest BCUT2D eigenvalue weighted by Crippen LogP contribution is -2.34. The minimum absolute atomic E-state index is 0.0539. The molecule has 0 atom stereocenters. The van der Waals surface area contributed by atoms with Gasteiger partial charge in [-0.05, 0) is 42.3 Å². The van der Waals surface area contributed by atoms with Crippen molar-refractivity contribution in [2.24, 2.45) is 28.8 Å². The molecule has 0 aliphatic heterocycles. The third-order valence-electron chi connectivity index (χ3n) is 6.25. The maximum absolute atomic E-state index is 13.5. The number of para-hydroxylation sites is 1. The van der Waals surface area contributed by atoms with Crippen LogP contribution in [0.25, 0.3) is 11.0 Å². The van der Waals surface area contributed by atoms with Crippen molar-refractivity contribution < 1.29 is 15.2 Å². The van der Waals surface area contributed by atoms with Crippen LogP contribution in [-0.4, -0.2) is 44.1 Å². The van der Waals surface area contributed by atoms with Crippen LogP contribution in [0.5, 0.6) is 0 Å². The van der Waals surface area contributed by atoms with E-state index in [1.165, 1.54) is 0 Å². The maximum Gasteiger partial charge on any atom is 0.258 e. The topological polar surface area (TPSA) is 155 Å². The first-order valence-electron chi connectivity index (χ1n) is 11.8. The molecule has 1 amide bonds. The molecule has 0 spiro atoms. The van der Waals surface area contributed by atoms with Gasteiger partial charge < -0.3 is 31.3 Å². The van der Waals surface area contributed by atoms with Crippen molar-refractivity contribution in [3.63, 3.8) is 0 Å². The van der Waals surface area contributed by atoms with E-state index < -0.39 is 0 Å². The van der Waals surface area contributed by atoms with Crippen LogP contribution >= 0.6 is 0 Å². The predicted molar refractivity (Wildman–Crippen MR) is 143 cm³/mol. The highest BCUT2D eigenvalue weighted by Crippen LogP contribution is 2.22. The second kappa shape index (κ2) is 11.3. The first kappa shape index (κ1) is 25.2. The summed E-state index contributed by atoms with van der Waals surface area (Å²) in [5, 5.41) is 23.8. The van der Waals surface area contributed by atoms with Gasteiger partial charge in [-0.2, -0.15) is 0 Å². The molecule has 10 heteroatoms. The predicted octanol–water partition coefficient (Wildman–Crippen LogP) is 3.24. The highest BCUT2D eigenvalue weighted by Gasteiger charge is 2.20. The molecule has 0 saturated heterocycles. The van der Waals surface area contributed by atoms with Gasteiger partial charge in [-0.1, -0.05) is 52.8 Å². The fourth-order valence-electron chi connectivity index (χ4n) is 4.15. The van der Waals surface area contributed by atoms with E-state index in [1.807, 2.05) is 72.3 Å². The number of aryl methyl sites for hydroxylation is 3. The zero-order valence-corrected chi connectivity index (χ0v) is 20.5. The summed E-state index contributed by atoms with van der Waals surface area (Å²) < 4.78 is 2.03. The minimum atomic E-state index is -0.197. The molecule has 0 aliphatic rings. The number of nitrogens with zero attached hydrogens (tertiary/aromatic N) is 5. The van der Waals surface area contributed by atoms with Crippen molar-refractivity contribution in [3.05, 3.63) is 95.3 Å². The molecule has 3 aromatic carbocycles. The summed E-state index contributed by atoms with van der Waals surface area (Å²) >= 11 is 0. The fourth-order valence-corrected chi connectivity index (χ4v) is 4.15. The molecule has 4 rings (SSSR count). The molecule has 0 aliphatic carbocycles. The van der Waals surface area contributed by atoms with Crippen LogP contribution in [-0.2, 0) is 19.9 Å². The third-order valence-corrected chi connectivity index (χ3v) is 6.25. The molecule has 1 aromatic heterocycles. The van der Waals surface area contributed by atoms with Gasteiger partial charge in [0, 0.05) is 43.2 Å². The number of amidine groups is 2. The number of fused-ring (bicyclic) bond motifs is 1. The van der Waals surface area contributed by atoms with Gasteiger partial charge in [0.1, 0.15) is 11.7 Å². The van der Waals surface area contributed by atoms with Crippen molar-refractivity contribution >= 4 is 34.3 Å². The van der Waals surface area contributed by atoms with Crippen LogP contribution in [0.3, 0.4) is 0 Å². The first-order chi connectivity index (χ1) is 17.9. The lowest BCUT2D eigenvalue weighted by molar-refractivity contribution is 0.0987. The van der Waals surface area contributed by atoms with Gasteiger partial charge in [0.05, 0.1) is 11.0 Å². The second-order valence-corrected chi connectivity index (χ2v) is 8.61. The lowest BCUT2D eigenvalue weighted by atomic mass is 10.1. The number of anilines is 1. The number of benzene rings is 3. The zero-order valence-electron chi connectivity index (χ0n) is 20.5. The number of aromatic nitrogens is 2. The van der Waals surface area contributed by atoms with Gasteiger partial charge in [-0.15, -0.1) is 0 Å². The van der Waals surface area contributed by atoms with Gasteiger partial charge in [0.25, 0.3) is 5.91 Å². The van der Waals surface area contributed by atoms with Crippen LogP contribution in [0.4, 0.5) is 5.69 Å². The smallest absolute Gasteiger partial charge is 0.258 e. The molecule has 6 N–H and O–H groups in total. The summed E-state index contributed by atoms with van der Waals surface area (Å²) in [5.74, 6) is 0.824. The van der Waals surface area contributed by atoms with Crippen LogP contribution < -0.4 is 16.4 Å². The average Bonchev–Trinajstić information content (AvgIpc) is 3.26. The standard InChI is InChI=1S/C27H29N7O3/c1-33-23-13-12-20(27(35)34(16-15-24(28)31-36)21-5-3-2-4-6-21)17-22(23)30-25(33)14-9-18-7-10-19(11-8-18)26(29)32-37/h2-8,10-13,17,36-37H,9,14-16H2,1H3,(H2,28,31)(H2,29,32). The Bertz CT molecular complexity index is 1440. The number of hydrogen-bond donors (Lipinski definition) is 4. The highest BCUT2D eigenvalue weighted by atomic mass is 16.4. The van der Waals surface area contributed by atoms with E-state index in [1.54, 1.807) is 17.0 Å². The lowest BCUT2D eigenvalue weighted by Gasteiger charge is -2.22. The molecule has 4 aromatic rings. The number of rotatable bonds is 9. The molecule has 0 fully saturated rings. The normalized spacial score (nSPS) is 12.1. The summed E-state index contributed by atoms with van der Waals surface area (Å²) in [6.45, 7) is 0.263. The monoisotopic (exact) mass is 499 g/mol. The Balaban J connectivity index is 1.55. The summed E-state index contributed by atoms with van der Waals surface area (Å²) in [7, 11) is 1.96. The molecule has 0 radical (unpaired) electrons. The number of carbonyl (C=O) groups excluding carboxylic acids is 1. The summed E-state index contributed by atoms with van der Waals surface area (Å²) in [6.07, 6.45) is 1.69. The van der Waals surface area contributed by atoms with Gasteiger partial charge in [-0.3, -0.25) is 4.79 Å². The van der Waals surface area contributed by atoms with E-state index in [9.17, 15) is 4.79 Å². The van der Waals surface area contributed by atoms with Gasteiger partial charge in [0.2, 0.25) is 0 Å². The number of carbonyl (C=O) groups is 1. The number of nitrogens with two attached hydrogens (primary N) is 2. The van der Waals surface area contributed by atoms with E-state index >= 15 is 0 Å². The summed E-state index contributed by atoms with van der Waals surface area (Å²) in [4.78, 5) is 19.9. The molecule has 0 bridgehead atoms. The van der Waals surface area contributed by atoms with Crippen molar-refractivity contribution in [1.29, 1.82) is 0 Å². The molecule has 0 saturated carbocycles. The Morgan fingerprint density at radius 1 is 0.946 bits per heavy atom. The second-order valence-electron chi connectivity index (χ2n) is 8.61. The number of hydrogen-bond acceptors (Lipinski definition) is 6. The Kier molecular flexibility index (Phi) is 7.68. The Labute approximate surface area is 214 Å². The molecular weight excluding hydrogens is 470 g/mol. The Morgan fingerprint density at radius 2 is 1.65 bits per heavy atom. The highest BCUT2D eigenvalue weighted by molar-refractivity contribution is 6.08. The zero-order chi connectivity index (χ0) is 26.4. The van der Waals surface area contributed by atoms with Crippen LogP contribution in [0, 0.1) is 0 Å². The van der Waals surface area contributed by atoms with Gasteiger partial charge in [-0.25, -0.2) is 4.98 Å². The van der Waals surface area contributed by atoms with E-state index in [0.29, 0.717) is 17.5 Å². The van der Waals surface area contributed by atoms with E-state index in [-0.39, 0.29) is 30.5 Å². The van der Waals surface area contributed by atoms with Crippen LogP contribution in [0.1, 0.15) is 33.7 Å². The minimum Gasteiger partial charge on any atom is -0.409 e. The maximum atomic E-state index is 13.5. The van der Waals surface area contributed by atoms with Gasteiger partial charge in [0.15, 0.2) is 5.84 Å². The van der Waals surface area contributed by atoms with Crippen molar-refractivity contribution in [2.75, 3.05) is 11.4 Å².